The molecule has 1 aromatic rings. The minimum atomic E-state index is 0. The standard InChI is InChI=1S/C13H18N2O2.ClH/c1-15(10-7-8-14-9-10)13(16)11-5-3-4-6-12(11)17-2;/h3-6,10,14H,7-9H2,1-2H3;1H. The summed E-state index contributed by atoms with van der Waals surface area (Å²) in [5, 5.41) is 3.26. The van der Waals surface area contributed by atoms with Crippen LogP contribution in [0.3, 0.4) is 0 Å². The van der Waals surface area contributed by atoms with Gasteiger partial charge in [0.1, 0.15) is 5.75 Å². The molecule has 0 aromatic heterocycles. The van der Waals surface area contributed by atoms with Crippen LogP contribution in [0, 0.1) is 0 Å². The van der Waals surface area contributed by atoms with E-state index < -0.39 is 0 Å². The maximum atomic E-state index is 12.3. The number of carbonyl (C=O) groups excluding carboxylic acids is 1. The Morgan fingerprint density at radius 1 is 1.44 bits per heavy atom. The highest BCUT2D eigenvalue weighted by Crippen LogP contribution is 2.20. The van der Waals surface area contributed by atoms with Gasteiger partial charge in [-0.05, 0) is 25.1 Å². The van der Waals surface area contributed by atoms with E-state index in [1.54, 1.807) is 18.1 Å². The largest absolute Gasteiger partial charge is 0.496 e. The third-order valence-electron chi connectivity index (χ3n) is 3.24. The van der Waals surface area contributed by atoms with Crippen molar-refractivity contribution in [3.63, 3.8) is 0 Å². The van der Waals surface area contributed by atoms with Gasteiger partial charge in [0.25, 0.3) is 5.91 Å². The number of hydrogen-bond donors (Lipinski definition) is 1. The van der Waals surface area contributed by atoms with Crippen LogP contribution in [0.5, 0.6) is 5.75 Å². The fourth-order valence-electron chi connectivity index (χ4n) is 2.15. The molecule has 0 saturated carbocycles. The first-order chi connectivity index (χ1) is 8.24. The van der Waals surface area contributed by atoms with Crippen LogP contribution in [-0.4, -0.2) is 44.1 Å². The fourth-order valence-corrected chi connectivity index (χ4v) is 2.15. The number of amides is 1. The second-order valence-corrected chi connectivity index (χ2v) is 4.26. The van der Waals surface area contributed by atoms with Crippen molar-refractivity contribution in [3.05, 3.63) is 29.8 Å². The zero-order valence-corrected chi connectivity index (χ0v) is 11.5. The third-order valence-corrected chi connectivity index (χ3v) is 3.24. The summed E-state index contributed by atoms with van der Waals surface area (Å²) in [4.78, 5) is 14.1. The summed E-state index contributed by atoms with van der Waals surface area (Å²) < 4.78 is 5.22. The van der Waals surface area contributed by atoms with Crippen LogP contribution in [0.2, 0.25) is 0 Å². The van der Waals surface area contributed by atoms with Gasteiger partial charge in [0.05, 0.1) is 12.7 Å². The highest BCUT2D eigenvalue weighted by Gasteiger charge is 2.25. The van der Waals surface area contributed by atoms with E-state index in [4.69, 9.17) is 4.74 Å². The smallest absolute Gasteiger partial charge is 0.257 e. The van der Waals surface area contributed by atoms with Crippen LogP contribution in [0.15, 0.2) is 24.3 Å². The normalized spacial score (nSPS) is 18.0. The number of methoxy groups -OCH3 is 1. The number of likely N-dealkylation sites (N-methyl/N-ethyl adjacent to an activating group) is 1. The molecular formula is C13H19ClN2O2. The van der Waals surface area contributed by atoms with Crippen molar-refractivity contribution in [2.45, 2.75) is 12.5 Å². The summed E-state index contributed by atoms with van der Waals surface area (Å²) >= 11 is 0. The predicted octanol–water partition coefficient (Wildman–Crippen LogP) is 1.55. The van der Waals surface area contributed by atoms with E-state index in [9.17, 15) is 4.79 Å². The number of halogens is 1. The molecule has 1 aliphatic heterocycles. The molecular weight excluding hydrogens is 252 g/mol. The van der Waals surface area contributed by atoms with Gasteiger partial charge in [0.2, 0.25) is 0 Å². The second-order valence-electron chi connectivity index (χ2n) is 4.26. The van der Waals surface area contributed by atoms with Gasteiger partial charge in [-0.25, -0.2) is 0 Å². The summed E-state index contributed by atoms with van der Waals surface area (Å²) in [6, 6.07) is 7.63. The number of rotatable bonds is 3. The molecule has 5 heteroatoms. The molecule has 1 heterocycles. The molecule has 1 unspecified atom stereocenters. The quantitative estimate of drug-likeness (QED) is 0.906. The van der Waals surface area contributed by atoms with Gasteiger partial charge in [-0.1, -0.05) is 12.1 Å². The molecule has 1 amide bonds. The summed E-state index contributed by atoms with van der Waals surface area (Å²) in [5.74, 6) is 0.659. The zero-order chi connectivity index (χ0) is 12.3. The van der Waals surface area contributed by atoms with Crippen molar-refractivity contribution < 1.29 is 9.53 Å². The van der Waals surface area contributed by atoms with Gasteiger partial charge in [0, 0.05) is 19.6 Å². The highest BCUT2D eigenvalue weighted by atomic mass is 35.5. The second kappa shape index (κ2) is 6.61. The number of hydrogen-bond acceptors (Lipinski definition) is 3. The van der Waals surface area contributed by atoms with Crippen LogP contribution >= 0.6 is 12.4 Å². The number of benzene rings is 1. The lowest BCUT2D eigenvalue weighted by atomic mass is 10.1. The van der Waals surface area contributed by atoms with Crippen molar-refractivity contribution in [3.8, 4) is 5.75 Å². The molecule has 100 valence electrons. The van der Waals surface area contributed by atoms with Crippen molar-refractivity contribution in [2.24, 2.45) is 0 Å². The molecule has 0 aliphatic carbocycles. The Labute approximate surface area is 114 Å². The fraction of sp³-hybridized carbons (Fsp3) is 0.462. The molecule has 0 spiro atoms. The molecule has 1 saturated heterocycles. The molecule has 1 atom stereocenters. The third kappa shape index (κ3) is 2.94. The Hall–Kier alpha value is -1.26. The maximum Gasteiger partial charge on any atom is 0.257 e. The highest BCUT2D eigenvalue weighted by molar-refractivity contribution is 5.97. The first kappa shape index (κ1) is 14.8. The lowest BCUT2D eigenvalue weighted by Crippen LogP contribution is -2.38. The van der Waals surface area contributed by atoms with Gasteiger partial charge in [-0.3, -0.25) is 4.79 Å². The molecule has 0 bridgehead atoms. The molecule has 1 aromatic carbocycles. The van der Waals surface area contributed by atoms with Crippen molar-refractivity contribution in [1.82, 2.24) is 10.2 Å². The minimum Gasteiger partial charge on any atom is -0.496 e. The Balaban J connectivity index is 0.00000162. The van der Waals surface area contributed by atoms with Crippen LogP contribution in [-0.2, 0) is 0 Å². The molecule has 1 aliphatic rings. The number of nitrogens with zero attached hydrogens (tertiary/aromatic N) is 1. The first-order valence-electron chi connectivity index (χ1n) is 5.85. The molecule has 1 fully saturated rings. The van der Waals surface area contributed by atoms with Crippen molar-refractivity contribution >= 4 is 18.3 Å². The maximum absolute atomic E-state index is 12.3. The van der Waals surface area contributed by atoms with E-state index in [2.05, 4.69) is 5.32 Å². The lowest BCUT2D eigenvalue weighted by molar-refractivity contribution is 0.0740. The summed E-state index contributed by atoms with van der Waals surface area (Å²) in [5.41, 5.74) is 0.629. The average Bonchev–Trinajstić information content (AvgIpc) is 2.90. The minimum absolute atomic E-state index is 0. The van der Waals surface area contributed by atoms with Gasteiger partial charge in [-0.15, -0.1) is 12.4 Å². The van der Waals surface area contributed by atoms with E-state index in [1.165, 1.54) is 0 Å². The van der Waals surface area contributed by atoms with E-state index in [1.807, 2.05) is 25.2 Å². The summed E-state index contributed by atoms with van der Waals surface area (Å²) in [7, 11) is 3.44. The van der Waals surface area contributed by atoms with Crippen LogP contribution in [0.25, 0.3) is 0 Å². The van der Waals surface area contributed by atoms with Gasteiger partial charge >= 0.3 is 0 Å². The van der Waals surface area contributed by atoms with E-state index >= 15 is 0 Å². The first-order valence-corrected chi connectivity index (χ1v) is 5.85. The van der Waals surface area contributed by atoms with Crippen LogP contribution < -0.4 is 10.1 Å². The van der Waals surface area contributed by atoms with Gasteiger partial charge in [-0.2, -0.15) is 0 Å². The Kier molecular flexibility index (Phi) is 5.44. The summed E-state index contributed by atoms with van der Waals surface area (Å²) in [6.07, 6.45) is 1.01. The molecule has 0 radical (unpaired) electrons. The van der Waals surface area contributed by atoms with E-state index in [-0.39, 0.29) is 24.4 Å². The van der Waals surface area contributed by atoms with Crippen molar-refractivity contribution in [1.29, 1.82) is 0 Å². The van der Waals surface area contributed by atoms with Gasteiger partial charge in [0.15, 0.2) is 0 Å². The van der Waals surface area contributed by atoms with Crippen molar-refractivity contribution in [2.75, 3.05) is 27.2 Å². The molecule has 18 heavy (non-hydrogen) atoms. The predicted molar refractivity (Wildman–Crippen MR) is 73.6 cm³/mol. The monoisotopic (exact) mass is 270 g/mol. The van der Waals surface area contributed by atoms with E-state index in [0.717, 1.165) is 19.5 Å². The number of nitrogens with one attached hydrogen (secondary N) is 1. The molecule has 2 rings (SSSR count). The topological polar surface area (TPSA) is 41.6 Å². The lowest BCUT2D eigenvalue weighted by Gasteiger charge is -2.24. The van der Waals surface area contributed by atoms with Crippen LogP contribution in [0.4, 0.5) is 0 Å². The number of para-hydroxylation sites is 1. The number of carbonyl (C=O) groups is 1. The Bertz CT molecular complexity index is 406. The Morgan fingerprint density at radius 2 is 2.17 bits per heavy atom. The summed E-state index contributed by atoms with van der Waals surface area (Å²) in [6.45, 7) is 1.85. The molecule has 4 nitrogen and oxygen atoms in total. The average molecular weight is 271 g/mol. The zero-order valence-electron chi connectivity index (χ0n) is 10.7. The van der Waals surface area contributed by atoms with Crippen LogP contribution in [0.1, 0.15) is 16.8 Å². The number of ether oxygens (including phenoxy) is 1. The Morgan fingerprint density at radius 3 is 2.78 bits per heavy atom. The van der Waals surface area contributed by atoms with Gasteiger partial charge < -0.3 is 15.0 Å². The SMILES string of the molecule is COc1ccccc1C(=O)N(C)C1CCNC1.Cl. The molecule has 1 N–H and O–H groups in total. The van der Waals surface area contributed by atoms with E-state index in [0.29, 0.717) is 11.3 Å².